The molecule has 1 aromatic rings. The number of aromatic nitrogens is 1. The first-order valence-corrected chi connectivity index (χ1v) is 6.49. The average molecular weight is 246 g/mol. The monoisotopic (exact) mass is 246 g/mol. The first-order valence-electron chi connectivity index (χ1n) is 6.49. The number of amides is 1. The molecule has 5 heteroatoms. The van der Waals surface area contributed by atoms with Crippen molar-refractivity contribution in [3.8, 4) is 0 Å². The van der Waals surface area contributed by atoms with Gasteiger partial charge >= 0.3 is 0 Å². The van der Waals surface area contributed by atoms with Crippen LogP contribution in [0.25, 0.3) is 0 Å². The van der Waals surface area contributed by atoms with Gasteiger partial charge in [0.05, 0.1) is 5.69 Å². The Hall–Kier alpha value is -1.62. The summed E-state index contributed by atoms with van der Waals surface area (Å²) in [4.78, 5) is 18.5. The molecule has 1 saturated heterocycles. The molecule has 1 aliphatic carbocycles. The van der Waals surface area contributed by atoms with E-state index in [0.29, 0.717) is 11.4 Å². The van der Waals surface area contributed by atoms with Crippen LogP contribution < -0.4 is 11.1 Å². The van der Waals surface area contributed by atoms with Crippen molar-refractivity contribution in [3.63, 3.8) is 0 Å². The molecule has 96 valence electrons. The van der Waals surface area contributed by atoms with E-state index in [1.54, 1.807) is 18.3 Å². The summed E-state index contributed by atoms with van der Waals surface area (Å²) in [6.45, 7) is 2.05. The SMILES string of the molecule is Nc1cccnc1C(=O)NC1CCN(C2CC2)C1. The van der Waals surface area contributed by atoms with E-state index in [9.17, 15) is 4.79 Å². The highest BCUT2D eigenvalue weighted by molar-refractivity contribution is 5.97. The Morgan fingerprint density at radius 1 is 1.44 bits per heavy atom. The Bertz CT molecular complexity index is 458. The minimum Gasteiger partial charge on any atom is -0.397 e. The lowest BCUT2D eigenvalue weighted by atomic mass is 10.2. The van der Waals surface area contributed by atoms with Gasteiger partial charge in [0.15, 0.2) is 5.69 Å². The van der Waals surface area contributed by atoms with E-state index in [-0.39, 0.29) is 11.9 Å². The van der Waals surface area contributed by atoms with Crippen LogP contribution in [0.3, 0.4) is 0 Å². The number of nitrogen functional groups attached to an aromatic ring is 1. The second-order valence-corrected chi connectivity index (χ2v) is 5.13. The molecular formula is C13H18N4O. The van der Waals surface area contributed by atoms with Crippen molar-refractivity contribution in [2.45, 2.75) is 31.3 Å². The van der Waals surface area contributed by atoms with Crippen molar-refractivity contribution >= 4 is 11.6 Å². The van der Waals surface area contributed by atoms with Crippen LogP contribution in [0.1, 0.15) is 29.8 Å². The van der Waals surface area contributed by atoms with Crippen molar-refractivity contribution < 1.29 is 4.79 Å². The van der Waals surface area contributed by atoms with Gasteiger partial charge < -0.3 is 11.1 Å². The summed E-state index contributed by atoms with van der Waals surface area (Å²) < 4.78 is 0. The number of nitrogens with zero attached hydrogens (tertiary/aromatic N) is 2. The molecule has 0 aromatic carbocycles. The fraction of sp³-hybridized carbons (Fsp3) is 0.538. The summed E-state index contributed by atoms with van der Waals surface area (Å²) in [6, 6.07) is 4.44. The molecule has 1 saturated carbocycles. The minimum atomic E-state index is -0.157. The molecule has 1 aliphatic heterocycles. The fourth-order valence-corrected chi connectivity index (χ4v) is 2.54. The standard InChI is InChI=1S/C13H18N4O/c14-11-2-1-6-15-12(11)13(18)16-9-5-7-17(8-9)10-3-4-10/h1-2,6,9-10H,3-5,7-8,14H2,(H,16,18). The molecule has 1 atom stereocenters. The van der Waals surface area contributed by atoms with Gasteiger partial charge in [-0.1, -0.05) is 0 Å². The average Bonchev–Trinajstić information content (AvgIpc) is 3.11. The molecule has 0 bridgehead atoms. The lowest BCUT2D eigenvalue weighted by Gasteiger charge is -2.15. The predicted molar refractivity (Wildman–Crippen MR) is 69.1 cm³/mol. The second-order valence-electron chi connectivity index (χ2n) is 5.13. The molecule has 3 rings (SSSR count). The molecule has 1 amide bonds. The van der Waals surface area contributed by atoms with Gasteiger partial charge in [-0.15, -0.1) is 0 Å². The van der Waals surface area contributed by atoms with Gasteiger partial charge in [-0.05, 0) is 31.4 Å². The number of hydrogen-bond acceptors (Lipinski definition) is 4. The Morgan fingerprint density at radius 2 is 2.28 bits per heavy atom. The summed E-state index contributed by atoms with van der Waals surface area (Å²) in [6.07, 6.45) is 5.24. The lowest BCUT2D eigenvalue weighted by molar-refractivity contribution is 0.0933. The van der Waals surface area contributed by atoms with Crippen molar-refractivity contribution in [2.24, 2.45) is 0 Å². The third kappa shape index (κ3) is 2.31. The van der Waals surface area contributed by atoms with Crippen LogP contribution in [-0.2, 0) is 0 Å². The number of nitrogens with two attached hydrogens (primary N) is 1. The van der Waals surface area contributed by atoms with Crippen LogP contribution in [0.15, 0.2) is 18.3 Å². The van der Waals surface area contributed by atoms with Gasteiger partial charge in [0.1, 0.15) is 0 Å². The topological polar surface area (TPSA) is 71.2 Å². The summed E-state index contributed by atoms with van der Waals surface area (Å²) in [5, 5.41) is 3.03. The first kappa shape index (κ1) is 11.5. The molecule has 0 spiro atoms. The maximum absolute atomic E-state index is 12.0. The molecule has 5 nitrogen and oxygen atoms in total. The zero-order valence-corrected chi connectivity index (χ0v) is 10.3. The number of likely N-dealkylation sites (tertiary alicyclic amines) is 1. The highest BCUT2D eigenvalue weighted by Gasteiger charge is 2.35. The highest BCUT2D eigenvalue weighted by Crippen LogP contribution is 2.29. The maximum Gasteiger partial charge on any atom is 0.272 e. The zero-order chi connectivity index (χ0) is 12.5. The number of pyridine rings is 1. The van der Waals surface area contributed by atoms with E-state index in [0.717, 1.165) is 25.6 Å². The van der Waals surface area contributed by atoms with Gasteiger partial charge in [0, 0.05) is 31.4 Å². The molecule has 18 heavy (non-hydrogen) atoms. The molecule has 1 aromatic heterocycles. The zero-order valence-electron chi connectivity index (χ0n) is 10.3. The van der Waals surface area contributed by atoms with Gasteiger partial charge in [-0.2, -0.15) is 0 Å². The summed E-state index contributed by atoms with van der Waals surface area (Å²) in [5.74, 6) is -0.157. The van der Waals surface area contributed by atoms with Gasteiger partial charge in [0.25, 0.3) is 5.91 Å². The Balaban J connectivity index is 1.60. The molecular weight excluding hydrogens is 228 g/mol. The summed E-state index contributed by atoms with van der Waals surface area (Å²) in [5.41, 5.74) is 6.52. The van der Waals surface area contributed by atoms with Crippen molar-refractivity contribution in [2.75, 3.05) is 18.8 Å². The number of anilines is 1. The molecule has 0 radical (unpaired) electrons. The Kier molecular flexibility index (Phi) is 2.91. The second kappa shape index (κ2) is 4.57. The number of rotatable bonds is 3. The third-order valence-corrected chi connectivity index (χ3v) is 3.67. The van der Waals surface area contributed by atoms with Crippen LogP contribution in [0.2, 0.25) is 0 Å². The maximum atomic E-state index is 12.0. The Morgan fingerprint density at radius 3 is 3.00 bits per heavy atom. The third-order valence-electron chi connectivity index (χ3n) is 3.67. The van der Waals surface area contributed by atoms with Gasteiger partial charge in [-0.25, -0.2) is 4.98 Å². The number of nitrogens with one attached hydrogen (secondary N) is 1. The van der Waals surface area contributed by atoms with Crippen molar-refractivity contribution in [1.82, 2.24) is 15.2 Å². The highest BCUT2D eigenvalue weighted by atomic mass is 16.2. The van der Waals surface area contributed by atoms with Gasteiger partial charge in [-0.3, -0.25) is 9.69 Å². The predicted octanol–water partition coefficient (Wildman–Crippen LogP) is 0.630. The first-order chi connectivity index (χ1) is 8.74. The number of hydrogen-bond donors (Lipinski definition) is 2. The van der Waals surface area contributed by atoms with Crippen molar-refractivity contribution in [3.05, 3.63) is 24.0 Å². The van der Waals surface area contributed by atoms with E-state index in [1.807, 2.05) is 0 Å². The molecule has 2 heterocycles. The fourth-order valence-electron chi connectivity index (χ4n) is 2.54. The minimum absolute atomic E-state index is 0.157. The van der Waals surface area contributed by atoms with E-state index >= 15 is 0 Å². The largest absolute Gasteiger partial charge is 0.397 e. The van der Waals surface area contributed by atoms with Crippen molar-refractivity contribution in [1.29, 1.82) is 0 Å². The summed E-state index contributed by atoms with van der Waals surface area (Å²) >= 11 is 0. The number of carbonyl (C=O) groups excluding carboxylic acids is 1. The van der Waals surface area contributed by atoms with E-state index in [2.05, 4.69) is 15.2 Å². The molecule has 1 unspecified atom stereocenters. The molecule has 3 N–H and O–H groups in total. The number of carbonyl (C=O) groups is 1. The molecule has 2 fully saturated rings. The quantitative estimate of drug-likeness (QED) is 0.820. The van der Waals surface area contributed by atoms with E-state index in [4.69, 9.17) is 5.73 Å². The van der Waals surface area contributed by atoms with E-state index in [1.165, 1.54) is 12.8 Å². The van der Waals surface area contributed by atoms with E-state index < -0.39 is 0 Å². The summed E-state index contributed by atoms with van der Waals surface area (Å²) in [7, 11) is 0. The van der Waals surface area contributed by atoms with Crippen LogP contribution >= 0.6 is 0 Å². The normalized spacial score (nSPS) is 24.1. The van der Waals surface area contributed by atoms with Crippen LogP contribution in [0.5, 0.6) is 0 Å². The smallest absolute Gasteiger partial charge is 0.272 e. The Labute approximate surface area is 106 Å². The lowest BCUT2D eigenvalue weighted by Crippen LogP contribution is -2.38. The van der Waals surface area contributed by atoms with Crippen LogP contribution in [0, 0.1) is 0 Å². The van der Waals surface area contributed by atoms with Crippen LogP contribution in [-0.4, -0.2) is 41.0 Å². The van der Waals surface area contributed by atoms with Crippen LogP contribution in [0.4, 0.5) is 5.69 Å². The molecule has 2 aliphatic rings. The van der Waals surface area contributed by atoms with Gasteiger partial charge in [0.2, 0.25) is 0 Å².